The highest BCUT2D eigenvalue weighted by Gasteiger charge is 2.16. The summed E-state index contributed by atoms with van der Waals surface area (Å²) in [4.78, 5) is 18.2. The normalized spacial score (nSPS) is 12.7. The van der Waals surface area contributed by atoms with E-state index in [1.807, 2.05) is 18.2 Å². The van der Waals surface area contributed by atoms with E-state index in [4.69, 9.17) is 4.98 Å². The van der Waals surface area contributed by atoms with Crippen LogP contribution in [0.1, 0.15) is 61.4 Å². The van der Waals surface area contributed by atoms with E-state index < -0.39 is 0 Å². The van der Waals surface area contributed by atoms with Crippen LogP contribution in [0.25, 0.3) is 16.6 Å². The summed E-state index contributed by atoms with van der Waals surface area (Å²) in [6, 6.07) is 16.3. The van der Waals surface area contributed by atoms with Crippen molar-refractivity contribution in [2.75, 3.05) is 0 Å². The van der Waals surface area contributed by atoms with E-state index in [-0.39, 0.29) is 11.5 Å². The molecule has 0 bridgehead atoms. The van der Waals surface area contributed by atoms with E-state index in [1.54, 1.807) is 6.21 Å². The molecule has 0 aliphatic rings. The zero-order valence-electron chi connectivity index (χ0n) is 19.8. The van der Waals surface area contributed by atoms with Crippen molar-refractivity contribution in [3.05, 3.63) is 91.7 Å². The fourth-order valence-electron chi connectivity index (χ4n) is 4.10. The van der Waals surface area contributed by atoms with Gasteiger partial charge in [-0.2, -0.15) is 9.78 Å². The average Bonchev–Trinajstić information content (AvgIpc) is 3.11. The number of hydrogen-bond acceptors (Lipinski definition) is 3. The highest BCUT2D eigenvalue weighted by molar-refractivity contribution is 9.10. The van der Waals surface area contributed by atoms with Gasteiger partial charge in [0.1, 0.15) is 5.82 Å². The smallest absolute Gasteiger partial charge is 0.282 e. The van der Waals surface area contributed by atoms with E-state index in [2.05, 4.69) is 90.5 Å². The maximum Gasteiger partial charge on any atom is 0.282 e. The van der Waals surface area contributed by atoms with Crippen molar-refractivity contribution in [3.8, 4) is 5.69 Å². The van der Waals surface area contributed by atoms with Gasteiger partial charge >= 0.3 is 0 Å². The zero-order chi connectivity index (χ0) is 23.7. The molecule has 0 fully saturated rings. The number of hydrogen-bond donors (Lipinski definition) is 0. The monoisotopic (exact) mass is 504 g/mol. The van der Waals surface area contributed by atoms with Crippen molar-refractivity contribution in [3.63, 3.8) is 0 Å². The molecule has 0 amide bonds. The van der Waals surface area contributed by atoms with Gasteiger partial charge in [0.05, 0.1) is 17.1 Å². The lowest BCUT2D eigenvalue weighted by molar-refractivity contribution is 0.613. The van der Waals surface area contributed by atoms with Crippen LogP contribution in [0.2, 0.25) is 0 Å². The molecule has 170 valence electrons. The average molecular weight is 505 g/mol. The molecule has 6 heteroatoms. The van der Waals surface area contributed by atoms with E-state index in [9.17, 15) is 4.79 Å². The fourth-order valence-corrected chi connectivity index (χ4v) is 4.46. The van der Waals surface area contributed by atoms with E-state index >= 15 is 0 Å². The Morgan fingerprint density at radius 3 is 2.48 bits per heavy atom. The molecule has 0 unspecified atom stereocenters. The first-order valence-electron chi connectivity index (χ1n) is 11.4. The van der Waals surface area contributed by atoms with Gasteiger partial charge in [-0.15, -0.1) is 0 Å². The summed E-state index contributed by atoms with van der Waals surface area (Å²) >= 11 is 3.46. The van der Waals surface area contributed by atoms with Gasteiger partial charge in [0, 0.05) is 33.0 Å². The largest absolute Gasteiger partial charge is 0.318 e. The van der Waals surface area contributed by atoms with Gasteiger partial charge in [-0.1, -0.05) is 48.8 Å². The van der Waals surface area contributed by atoms with Crippen molar-refractivity contribution in [1.29, 1.82) is 0 Å². The summed E-state index contributed by atoms with van der Waals surface area (Å²) in [7, 11) is 0. The van der Waals surface area contributed by atoms with Crippen molar-refractivity contribution in [1.82, 2.24) is 14.2 Å². The first-order valence-corrected chi connectivity index (χ1v) is 12.2. The predicted molar refractivity (Wildman–Crippen MR) is 140 cm³/mol. The van der Waals surface area contributed by atoms with E-state index in [1.165, 1.54) is 10.2 Å². The van der Waals surface area contributed by atoms with Gasteiger partial charge in [-0.25, -0.2) is 4.98 Å². The maximum atomic E-state index is 13.4. The summed E-state index contributed by atoms with van der Waals surface area (Å²) in [5, 5.41) is 5.20. The molecule has 5 nitrogen and oxygen atoms in total. The summed E-state index contributed by atoms with van der Waals surface area (Å²) in [6.07, 6.45) is 3.66. The molecule has 33 heavy (non-hydrogen) atoms. The Kier molecular flexibility index (Phi) is 6.66. The van der Waals surface area contributed by atoms with Crippen LogP contribution < -0.4 is 5.56 Å². The summed E-state index contributed by atoms with van der Waals surface area (Å²) in [5.74, 6) is 0.782. The Morgan fingerprint density at radius 2 is 1.82 bits per heavy atom. The van der Waals surface area contributed by atoms with Gasteiger partial charge in [0.2, 0.25) is 0 Å². The standard InChI is InChI=1S/C27H29BrN4O/c1-6-17(3)26-30-25-13-10-22(28)15-24(25)27(33)32(26)29-16-21-14-18(4)31(19(21)5)23-11-8-20(7-2)9-12-23/h8-17H,6-7H2,1-5H3/t17-/m0/s1. The molecule has 1 atom stereocenters. The third-order valence-corrected chi connectivity index (χ3v) is 6.77. The Bertz CT molecular complexity index is 1400. The Hall–Kier alpha value is -2.99. The molecule has 0 N–H and O–H groups in total. The summed E-state index contributed by atoms with van der Waals surface area (Å²) in [5.41, 5.74) is 6.15. The second-order valence-corrected chi connectivity index (χ2v) is 9.40. The third kappa shape index (κ3) is 4.44. The van der Waals surface area contributed by atoms with Gasteiger partial charge < -0.3 is 4.57 Å². The molecule has 2 aromatic heterocycles. The third-order valence-electron chi connectivity index (χ3n) is 6.27. The topological polar surface area (TPSA) is 52.2 Å². The molecule has 0 radical (unpaired) electrons. The van der Waals surface area contributed by atoms with E-state index in [0.717, 1.165) is 40.0 Å². The Balaban J connectivity index is 1.81. The minimum absolute atomic E-state index is 0.104. The molecule has 4 aromatic rings. The Labute approximate surface area is 202 Å². The SMILES string of the molecule is CCc1ccc(-n2c(C)cc(C=Nn3c([C@@H](C)CC)nc4ccc(Br)cc4c3=O)c2C)cc1. The van der Waals surface area contributed by atoms with Crippen LogP contribution in [0.4, 0.5) is 0 Å². The van der Waals surface area contributed by atoms with Crippen molar-refractivity contribution in [2.24, 2.45) is 5.10 Å². The van der Waals surface area contributed by atoms with Crippen LogP contribution in [-0.4, -0.2) is 20.4 Å². The number of aromatic nitrogens is 3. The van der Waals surface area contributed by atoms with Crippen molar-refractivity contribution < 1.29 is 0 Å². The number of fused-ring (bicyclic) bond motifs is 1. The molecule has 0 saturated heterocycles. The van der Waals surface area contributed by atoms with E-state index in [0.29, 0.717) is 16.7 Å². The summed E-state index contributed by atoms with van der Waals surface area (Å²) < 4.78 is 4.53. The van der Waals surface area contributed by atoms with Crippen LogP contribution in [0, 0.1) is 13.8 Å². The molecule has 4 rings (SSSR count). The molecule has 0 aliphatic carbocycles. The predicted octanol–water partition coefficient (Wildman–Crippen LogP) is 6.52. The van der Waals surface area contributed by atoms with Crippen LogP contribution in [-0.2, 0) is 6.42 Å². The number of halogens is 1. The van der Waals surface area contributed by atoms with Gasteiger partial charge in [-0.3, -0.25) is 4.79 Å². The summed E-state index contributed by atoms with van der Waals surface area (Å²) in [6.45, 7) is 10.5. The first kappa shape index (κ1) is 23.2. The maximum absolute atomic E-state index is 13.4. The molecule has 0 saturated carbocycles. The minimum Gasteiger partial charge on any atom is -0.318 e. The highest BCUT2D eigenvalue weighted by atomic mass is 79.9. The molecular weight excluding hydrogens is 476 g/mol. The second-order valence-electron chi connectivity index (χ2n) is 8.48. The fraction of sp³-hybridized carbons (Fsp3) is 0.296. The van der Waals surface area contributed by atoms with Gasteiger partial charge in [0.15, 0.2) is 0 Å². The quantitative estimate of drug-likeness (QED) is 0.280. The molecule has 0 aliphatic heterocycles. The lowest BCUT2D eigenvalue weighted by Gasteiger charge is -2.14. The lowest BCUT2D eigenvalue weighted by Crippen LogP contribution is -2.23. The molecule has 2 aromatic carbocycles. The van der Waals surface area contributed by atoms with Crippen LogP contribution in [0.3, 0.4) is 0 Å². The van der Waals surface area contributed by atoms with Crippen molar-refractivity contribution in [2.45, 2.75) is 53.4 Å². The van der Waals surface area contributed by atoms with Crippen LogP contribution in [0.5, 0.6) is 0 Å². The van der Waals surface area contributed by atoms with Gasteiger partial charge in [-0.05, 0) is 68.7 Å². The number of benzene rings is 2. The number of nitrogens with zero attached hydrogens (tertiary/aromatic N) is 4. The second kappa shape index (κ2) is 9.48. The minimum atomic E-state index is -0.156. The van der Waals surface area contributed by atoms with Gasteiger partial charge in [0.25, 0.3) is 5.56 Å². The molecule has 2 heterocycles. The van der Waals surface area contributed by atoms with Crippen molar-refractivity contribution >= 4 is 33.0 Å². The lowest BCUT2D eigenvalue weighted by atomic mass is 10.1. The Morgan fingerprint density at radius 1 is 1.09 bits per heavy atom. The van der Waals surface area contributed by atoms with Crippen LogP contribution >= 0.6 is 15.9 Å². The van der Waals surface area contributed by atoms with Crippen LogP contribution in [0.15, 0.2) is 62.9 Å². The molecular formula is C27H29BrN4O. The molecule has 0 spiro atoms. The number of aryl methyl sites for hydroxylation is 2. The highest BCUT2D eigenvalue weighted by Crippen LogP contribution is 2.22. The zero-order valence-corrected chi connectivity index (χ0v) is 21.3. The number of rotatable bonds is 6. The first-order chi connectivity index (χ1) is 15.8.